The van der Waals surface area contributed by atoms with Crippen LogP contribution in [-0.4, -0.2) is 40.3 Å². The van der Waals surface area contributed by atoms with Crippen LogP contribution in [0.4, 0.5) is 0 Å². The number of para-hydroxylation sites is 1. The molecule has 5 heteroatoms. The molecule has 0 radical (unpaired) electrons. The lowest BCUT2D eigenvalue weighted by molar-refractivity contribution is -0.134. The highest BCUT2D eigenvalue weighted by molar-refractivity contribution is 5.83. The van der Waals surface area contributed by atoms with E-state index >= 15 is 0 Å². The minimum absolute atomic E-state index is 0.168. The second-order valence-corrected chi connectivity index (χ2v) is 7.29. The molecule has 1 aromatic carbocycles. The van der Waals surface area contributed by atoms with Gasteiger partial charge in [-0.25, -0.2) is 0 Å². The number of hydrogen-bond acceptors (Lipinski definition) is 3. The van der Waals surface area contributed by atoms with Crippen molar-refractivity contribution in [1.29, 1.82) is 0 Å². The van der Waals surface area contributed by atoms with Crippen LogP contribution in [0.15, 0.2) is 42.7 Å². The van der Waals surface area contributed by atoms with Crippen molar-refractivity contribution >= 4 is 5.91 Å². The van der Waals surface area contributed by atoms with Crippen LogP contribution in [0.3, 0.4) is 0 Å². The number of carbonyl (C=O) groups is 1. The van der Waals surface area contributed by atoms with Gasteiger partial charge in [0.25, 0.3) is 0 Å². The number of aromatic nitrogens is 2. The SMILES string of the molecule is Cn1cc(C2CC2C(=O)N2CCC(COc3ccccc3)CC2)cn1. The molecular formula is C20H25N3O2. The van der Waals surface area contributed by atoms with E-state index < -0.39 is 0 Å². The molecule has 0 spiro atoms. The quantitative estimate of drug-likeness (QED) is 0.841. The van der Waals surface area contributed by atoms with Gasteiger partial charge in [-0.05, 0) is 48.8 Å². The third kappa shape index (κ3) is 3.70. The maximum Gasteiger partial charge on any atom is 0.226 e. The number of likely N-dealkylation sites (tertiary alicyclic amines) is 1. The van der Waals surface area contributed by atoms with E-state index in [4.69, 9.17) is 4.74 Å². The third-order valence-corrected chi connectivity index (χ3v) is 5.42. The molecule has 1 aliphatic carbocycles. The smallest absolute Gasteiger partial charge is 0.226 e. The fourth-order valence-corrected chi connectivity index (χ4v) is 3.75. The maximum absolute atomic E-state index is 12.7. The highest BCUT2D eigenvalue weighted by Crippen LogP contribution is 2.48. The van der Waals surface area contributed by atoms with Crippen molar-refractivity contribution in [3.8, 4) is 5.75 Å². The van der Waals surface area contributed by atoms with Gasteiger partial charge in [0.15, 0.2) is 0 Å². The lowest BCUT2D eigenvalue weighted by atomic mass is 9.97. The summed E-state index contributed by atoms with van der Waals surface area (Å²) in [5.41, 5.74) is 1.20. The van der Waals surface area contributed by atoms with E-state index in [9.17, 15) is 4.79 Å². The Labute approximate surface area is 148 Å². The van der Waals surface area contributed by atoms with Gasteiger partial charge in [-0.2, -0.15) is 5.10 Å². The largest absolute Gasteiger partial charge is 0.493 e. The lowest BCUT2D eigenvalue weighted by Crippen LogP contribution is -2.40. The van der Waals surface area contributed by atoms with Crippen LogP contribution in [0.1, 0.15) is 30.7 Å². The van der Waals surface area contributed by atoms with Crippen LogP contribution in [0.5, 0.6) is 5.75 Å². The van der Waals surface area contributed by atoms with Gasteiger partial charge < -0.3 is 9.64 Å². The molecule has 2 unspecified atom stereocenters. The molecule has 132 valence electrons. The molecule has 0 bridgehead atoms. The Hall–Kier alpha value is -2.30. The molecule has 5 nitrogen and oxygen atoms in total. The fraction of sp³-hybridized carbons (Fsp3) is 0.500. The van der Waals surface area contributed by atoms with Crippen molar-refractivity contribution < 1.29 is 9.53 Å². The zero-order valence-electron chi connectivity index (χ0n) is 14.7. The molecule has 4 rings (SSSR count). The first-order chi connectivity index (χ1) is 12.2. The summed E-state index contributed by atoms with van der Waals surface area (Å²) in [6, 6.07) is 9.96. The standard InChI is InChI=1S/C20H25N3O2/c1-22-13-16(12-21-22)18-11-19(18)20(24)23-9-7-15(8-10-23)14-25-17-5-3-2-4-6-17/h2-6,12-13,15,18-19H,7-11,14H2,1H3. The third-order valence-electron chi connectivity index (χ3n) is 5.42. The van der Waals surface area contributed by atoms with Gasteiger partial charge >= 0.3 is 0 Å². The number of nitrogens with zero attached hydrogens (tertiary/aromatic N) is 3. The summed E-state index contributed by atoms with van der Waals surface area (Å²) in [4.78, 5) is 14.8. The number of carbonyl (C=O) groups excluding carboxylic acids is 1. The molecule has 25 heavy (non-hydrogen) atoms. The Bertz CT molecular complexity index is 720. The second kappa shape index (κ2) is 6.90. The van der Waals surface area contributed by atoms with E-state index in [0.717, 1.165) is 44.7 Å². The number of rotatable bonds is 5. The molecule has 1 aliphatic heterocycles. The number of aryl methyl sites for hydroxylation is 1. The van der Waals surface area contributed by atoms with Crippen LogP contribution < -0.4 is 4.74 Å². The Balaban J connectivity index is 1.23. The average molecular weight is 339 g/mol. The molecule has 2 aliphatic rings. The summed E-state index contributed by atoms with van der Waals surface area (Å²) in [5, 5.41) is 4.22. The van der Waals surface area contributed by atoms with Gasteiger partial charge in [0.1, 0.15) is 5.75 Å². The first-order valence-corrected chi connectivity index (χ1v) is 9.16. The van der Waals surface area contributed by atoms with E-state index in [2.05, 4.69) is 10.00 Å². The summed E-state index contributed by atoms with van der Waals surface area (Å²) in [6.07, 6.45) is 6.96. The molecule has 1 aromatic heterocycles. The average Bonchev–Trinajstić information content (AvgIpc) is 3.34. The van der Waals surface area contributed by atoms with Crippen LogP contribution in [0.25, 0.3) is 0 Å². The molecule has 2 atom stereocenters. The van der Waals surface area contributed by atoms with E-state index in [1.165, 1.54) is 5.56 Å². The van der Waals surface area contributed by atoms with E-state index in [1.807, 2.05) is 54.5 Å². The van der Waals surface area contributed by atoms with Gasteiger partial charge in [-0.15, -0.1) is 0 Å². The first-order valence-electron chi connectivity index (χ1n) is 9.16. The molecule has 2 aromatic rings. The van der Waals surface area contributed by atoms with Gasteiger partial charge in [-0.1, -0.05) is 18.2 Å². The van der Waals surface area contributed by atoms with Crippen molar-refractivity contribution in [3.05, 3.63) is 48.3 Å². The van der Waals surface area contributed by atoms with Crippen LogP contribution in [0, 0.1) is 11.8 Å². The van der Waals surface area contributed by atoms with Crippen molar-refractivity contribution in [2.75, 3.05) is 19.7 Å². The minimum atomic E-state index is 0.168. The lowest BCUT2D eigenvalue weighted by Gasteiger charge is -2.32. The predicted molar refractivity (Wildman–Crippen MR) is 95.3 cm³/mol. The Kier molecular flexibility index (Phi) is 4.47. The van der Waals surface area contributed by atoms with Gasteiger partial charge in [0, 0.05) is 32.3 Å². The molecule has 0 N–H and O–H groups in total. The minimum Gasteiger partial charge on any atom is -0.493 e. The Morgan fingerprint density at radius 3 is 2.68 bits per heavy atom. The Morgan fingerprint density at radius 1 is 1.24 bits per heavy atom. The molecule has 2 fully saturated rings. The molecular weight excluding hydrogens is 314 g/mol. The van der Waals surface area contributed by atoms with Gasteiger partial charge in [0.05, 0.1) is 12.8 Å². The summed E-state index contributed by atoms with van der Waals surface area (Å²) in [5.74, 6) is 2.34. The number of amides is 1. The van der Waals surface area contributed by atoms with E-state index in [0.29, 0.717) is 17.7 Å². The van der Waals surface area contributed by atoms with Crippen molar-refractivity contribution in [2.45, 2.75) is 25.2 Å². The van der Waals surface area contributed by atoms with E-state index in [1.54, 1.807) is 0 Å². The van der Waals surface area contributed by atoms with Gasteiger partial charge in [-0.3, -0.25) is 9.48 Å². The maximum atomic E-state index is 12.7. The van der Waals surface area contributed by atoms with Gasteiger partial charge in [0.2, 0.25) is 5.91 Å². The summed E-state index contributed by atoms with van der Waals surface area (Å²) >= 11 is 0. The zero-order chi connectivity index (χ0) is 17.2. The molecule has 2 heterocycles. The number of hydrogen-bond donors (Lipinski definition) is 0. The second-order valence-electron chi connectivity index (χ2n) is 7.29. The zero-order valence-corrected chi connectivity index (χ0v) is 14.7. The Morgan fingerprint density at radius 2 is 2.00 bits per heavy atom. The number of piperidine rings is 1. The van der Waals surface area contributed by atoms with Crippen LogP contribution in [0.2, 0.25) is 0 Å². The monoisotopic (exact) mass is 339 g/mol. The highest BCUT2D eigenvalue weighted by Gasteiger charge is 2.46. The fourth-order valence-electron chi connectivity index (χ4n) is 3.75. The summed E-state index contributed by atoms with van der Waals surface area (Å²) in [6.45, 7) is 2.46. The highest BCUT2D eigenvalue weighted by atomic mass is 16.5. The predicted octanol–water partition coefficient (Wildman–Crippen LogP) is 2.84. The van der Waals surface area contributed by atoms with Crippen LogP contribution in [-0.2, 0) is 11.8 Å². The van der Waals surface area contributed by atoms with Crippen LogP contribution >= 0.6 is 0 Å². The molecule has 1 amide bonds. The van der Waals surface area contributed by atoms with Crippen molar-refractivity contribution in [3.63, 3.8) is 0 Å². The number of benzene rings is 1. The van der Waals surface area contributed by atoms with Crippen molar-refractivity contribution in [1.82, 2.24) is 14.7 Å². The van der Waals surface area contributed by atoms with Crippen molar-refractivity contribution in [2.24, 2.45) is 18.9 Å². The molecule has 1 saturated heterocycles. The normalized spacial score (nSPS) is 23.5. The topological polar surface area (TPSA) is 47.4 Å². The molecule has 1 saturated carbocycles. The summed E-state index contributed by atoms with van der Waals surface area (Å²) in [7, 11) is 1.92. The first kappa shape index (κ1) is 16.2. The number of ether oxygens (including phenoxy) is 1. The van der Waals surface area contributed by atoms with E-state index in [-0.39, 0.29) is 5.92 Å². The summed E-state index contributed by atoms with van der Waals surface area (Å²) < 4.78 is 7.68.